The SMILES string of the molecule is O=C(O)c1ccc(Oc2ccc(C(=O)O)cc2)cc1.P.c1ccc(-c2ccccc2)cc1. The van der Waals surface area contributed by atoms with E-state index in [0.717, 1.165) is 0 Å². The minimum Gasteiger partial charge on any atom is -0.478 e. The number of carboxylic acids is 2. The third kappa shape index (κ3) is 7.08. The van der Waals surface area contributed by atoms with Gasteiger partial charge in [0.15, 0.2) is 0 Å². The summed E-state index contributed by atoms with van der Waals surface area (Å²) in [6.07, 6.45) is 0. The number of benzene rings is 4. The predicted octanol–water partition coefficient (Wildman–Crippen LogP) is 6.29. The molecule has 32 heavy (non-hydrogen) atoms. The highest BCUT2D eigenvalue weighted by molar-refractivity contribution is 6.92. The van der Waals surface area contributed by atoms with Crippen molar-refractivity contribution in [3.05, 3.63) is 120 Å². The summed E-state index contributed by atoms with van der Waals surface area (Å²) in [5.41, 5.74) is 2.90. The largest absolute Gasteiger partial charge is 0.478 e. The number of rotatable bonds is 5. The van der Waals surface area contributed by atoms with Crippen molar-refractivity contribution in [2.45, 2.75) is 0 Å². The normalized spacial score (nSPS) is 9.50. The number of aromatic carboxylic acids is 2. The number of ether oxygens (including phenoxy) is 1. The first kappa shape index (κ1) is 24.3. The van der Waals surface area contributed by atoms with E-state index in [0.29, 0.717) is 11.5 Å². The Hall–Kier alpha value is -3.95. The molecule has 2 N–H and O–H groups in total. The third-order valence-electron chi connectivity index (χ3n) is 4.32. The molecule has 0 aliphatic heterocycles. The fraction of sp³-hybridized carbons (Fsp3) is 0. The zero-order valence-electron chi connectivity index (χ0n) is 17.2. The van der Waals surface area contributed by atoms with Crippen LogP contribution >= 0.6 is 9.90 Å². The van der Waals surface area contributed by atoms with Crippen molar-refractivity contribution in [1.29, 1.82) is 0 Å². The molecule has 4 aromatic rings. The maximum absolute atomic E-state index is 10.7. The topological polar surface area (TPSA) is 83.8 Å². The molecule has 6 heteroatoms. The van der Waals surface area contributed by atoms with Crippen molar-refractivity contribution in [2.75, 3.05) is 0 Å². The van der Waals surface area contributed by atoms with Crippen molar-refractivity contribution >= 4 is 21.8 Å². The maximum Gasteiger partial charge on any atom is 0.335 e. The van der Waals surface area contributed by atoms with Crippen LogP contribution in [0.15, 0.2) is 109 Å². The molecule has 162 valence electrons. The van der Waals surface area contributed by atoms with Crippen LogP contribution in [0.25, 0.3) is 11.1 Å². The fourth-order valence-corrected chi connectivity index (χ4v) is 2.73. The highest BCUT2D eigenvalue weighted by Crippen LogP contribution is 2.22. The van der Waals surface area contributed by atoms with Gasteiger partial charge in [0.1, 0.15) is 11.5 Å². The molecular formula is C26H23O5P. The molecule has 5 nitrogen and oxygen atoms in total. The van der Waals surface area contributed by atoms with Crippen molar-refractivity contribution in [3.63, 3.8) is 0 Å². The Morgan fingerprint density at radius 3 is 1.09 bits per heavy atom. The minimum absolute atomic E-state index is 0. The molecule has 0 aromatic heterocycles. The molecule has 0 aliphatic rings. The summed E-state index contributed by atoms with van der Waals surface area (Å²) >= 11 is 0. The van der Waals surface area contributed by atoms with Crippen molar-refractivity contribution in [3.8, 4) is 22.6 Å². The predicted molar refractivity (Wildman–Crippen MR) is 130 cm³/mol. The lowest BCUT2D eigenvalue weighted by Crippen LogP contribution is -1.96. The Balaban J connectivity index is 0.000000241. The molecule has 0 amide bonds. The van der Waals surface area contributed by atoms with E-state index in [2.05, 4.69) is 48.5 Å². The molecule has 0 spiro atoms. The smallest absolute Gasteiger partial charge is 0.335 e. The average Bonchev–Trinajstić information content (AvgIpc) is 2.81. The average molecular weight is 446 g/mol. The summed E-state index contributed by atoms with van der Waals surface area (Å²) in [6.45, 7) is 0. The molecule has 0 radical (unpaired) electrons. The molecule has 0 saturated heterocycles. The highest BCUT2D eigenvalue weighted by Gasteiger charge is 2.05. The molecule has 4 aromatic carbocycles. The Kier molecular flexibility index (Phi) is 9.15. The number of hydrogen-bond acceptors (Lipinski definition) is 3. The number of hydrogen-bond donors (Lipinski definition) is 2. The van der Waals surface area contributed by atoms with E-state index < -0.39 is 11.9 Å². The van der Waals surface area contributed by atoms with Crippen LogP contribution < -0.4 is 4.74 Å². The van der Waals surface area contributed by atoms with Gasteiger partial charge in [-0.05, 0) is 59.7 Å². The summed E-state index contributed by atoms with van der Waals surface area (Å²) in [6, 6.07) is 32.7. The number of carbonyl (C=O) groups is 2. The molecule has 4 rings (SSSR count). The van der Waals surface area contributed by atoms with Crippen LogP contribution in [-0.4, -0.2) is 22.2 Å². The van der Waals surface area contributed by atoms with E-state index in [1.165, 1.54) is 59.7 Å². The van der Waals surface area contributed by atoms with Gasteiger partial charge in [-0.2, -0.15) is 9.90 Å². The summed E-state index contributed by atoms with van der Waals surface area (Å²) in [5, 5.41) is 17.5. The molecule has 1 atom stereocenters. The van der Waals surface area contributed by atoms with E-state index in [-0.39, 0.29) is 21.0 Å². The van der Waals surface area contributed by atoms with Crippen LogP contribution in [0, 0.1) is 0 Å². The summed E-state index contributed by atoms with van der Waals surface area (Å²) in [5.74, 6) is -1.05. The maximum atomic E-state index is 10.7. The lowest BCUT2D eigenvalue weighted by molar-refractivity contribution is 0.0686. The zero-order chi connectivity index (χ0) is 22.1. The summed E-state index contributed by atoms with van der Waals surface area (Å²) in [7, 11) is 0. The van der Waals surface area contributed by atoms with Crippen LogP contribution in [0.5, 0.6) is 11.5 Å². The quantitative estimate of drug-likeness (QED) is 0.352. The first-order valence-electron chi connectivity index (χ1n) is 9.48. The van der Waals surface area contributed by atoms with Crippen LogP contribution in [0.3, 0.4) is 0 Å². The van der Waals surface area contributed by atoms with Crippen LogP contribution in [-0.2, 0) is 0 Å². The Labute approximate surface area is 189 Å². The molecule has 0 heterocycles. The van der Waals surface area contributed by atoms with Crippen LogP contribution in [0.1, 0.15) is 20.7 Å². The summed E-state index contributed by atoms with van der Waals surface area (Å²) < 4.78 is 5.46. The van der Waals surface area contributed by atoms with Gasteiger partial charge in [0, 0.05) is 0 Å². The second kappa shape index (κ2) is 12.0. The van der Waals surface area contributed by atoms with E-state index in [1.54, 1.807) is 0 Å². The van der Waals surface area contributed by atoms with Gasteiger partial charge in [-0.15, -0.1) is 0 Å². The van der Waals surface area contributed by atoms with E-state index >= 15 is 0 Å². The lowest BCUT2D eigenvalue weighted by atomic mass is 10.1. The fourth-order valence-electron chi connectivity index (χ4n) is 2.73. The number of carboxylic acid groups (broad SMARTS) is 2. The van der Waals surface area contributed by atoms with Crippen LogP contribution in [0.2, 0.25) is 0 Å². The molecule has 0 saturated carbocycles. The Morgan fingerprint density at radius 1 is 0.500 bits per heavy atom. The van der Waals surface area contributed by atoms with E-state index in [4.69, 9.17) is 14.9 Å². The molecular weight excluding hydrogens is 423 g/mol. The van der Waals surface area contributed by atoms with Gasteiger partial charge in [0.25, 0.3) is 0 Å². The second-order valence-electron chi connectivity index (χ2n) is 6.49. The molecule has 0 bridgehead atoms. The van der Waals surface area contributed by atoms with Crippen molar-refractivity contribution in [2.24, 2.45) is 0 Å². The van der Waals surface area contributed by atoms with E-state index in [9.17, 15) is 9.59 Å². The Bertz CT molecular complexity index is 1030. The zero-order valence-corrected chi connectivity index (χ0v) is 18.6. The first-order valence-corrected chi connectivity index (χ1v) is 9.48. The first-order chi connectivity index (χ1) is 15.0. The van der Waals surface area contributed by atoms with E-state index in [1.807, 2.05) is 12.1 Å². The Morgan fingerprint density at radius 2 is 0.812 bits per heavy atom. The standard InChI is InChI=1S/C14H10O5.C12H10.H3P/c15-13(16)9-1-5-11(6-2-9)19-12-7-3-10(4-8-12)14(17)18;1-3-7-11(8-4-1)12-9-5-2-6-10-12;/h1-8H,(H,15,16)(H,17,18);1-10H;1H3. The summed E-state index contributed by atoms with van der Waals surface area (Å²) in [4.78, 5) is 21.4. The molecule has 1 unspecified atom stereocenters. The van der Waals surface area contributed by atoms with Crippen LogP contribution in [0.4, 0.5) is 0 Å². The van der Waals surface area contributed by atoms with Gasteiger partial charge >= 0.3 is 11.9 Å². The lowest BCUT2D eigenvalue weighted by Gasteiger charge is -2.06. The van der Waals surface area contributed by atoms with Gasteiger partial charge in [0.2, 0.25) is 0 Å². The van der Waals surface area contributed by atoms with Crippen molar-refractivity contribution < 1.29 is 24.5 Å². The van der Waals surface area contributed by atoms with Gasteiger partial charge in [-0.1, -0.05) is 60.7 Å². The van der Waals surface area contributed by atoms with Crippen molar-refractivity contribution in [1.82, 2.24) is 0 Å². The second-order valence-corrected chi connectivity index (χ2v) is 6.49. The highest BCUT2D eigenvalue weighted by atomic mass is 31.0. The monoisotopic (exact) mass is 446 g/mol. The molecule has 0 fully saturated rings. The van der Waals surface area contributed by atoms with Gasteiger partial charge < -0.3 is 14.9 Å². The van der Waals surface area contributed by atoms with Gasteiger partial charge in [-0.3, -0.25) is 0 Å². The third-order valence-corrected chi connectivity index (χ3v) is 4.32. The molecule has 0 aliphatic carbocycles. The minimum atomic E-state index is -1.00. The van der Waals surface area contributed by atoms with Gasteiger partial charge in [0.05, 0.1) is 11.1 Å². The van der Waals surface area contributed by atoms with Gasteiger partial charge in [-0.25, -0.2) is 9.59 Å².